The number of rotatable bonds is 2. The molecule has 0 saturated heterocycles. The number of ether oxygens (including phenoxy) is 1. The number of carbonyl (C=O) groups is 4. The number of hydrogen-bond donors (Lipinski definition) is 5. The Kier molecular flexibility index (Phi) is 8.38. The van der Waals surface area contributed by atoms with E-state index in [0.29, 0.717) is 31.0 Å². The first-order valence-electron chi connectivity index (χ1n) is 14.3. The Balaban J connectivity index is 1.46. The molecule has 6 rings (SSSR count). The van der Waals surface area contributed by atoms with Crippen LogP contribution in [0.4, 0.5) is 0 Å². The number of aryl methyl sites for hydroxylation is 1. The molecule has 12 nitrogen and oxygen atoms in total. The number of phenolic OH excluding ortho intramolecular Hbond substituents is 1. The first-order valence-corrected chi connectivity index (χ1v) is 14.3. The SMILES string of the molecule is Cc1[nH]nc2c1CN(C(=O)[C@@H]1Cc3ccc(cc3)Oc3ccc(O)c(c3)C(=O)N[C@@H](C(C)C)C(=O)N[C@@H](C)C(=O)N1)CC2. The van der Waals surface area contributed by atoms with Crippen LogP contribution in [0.3, 0.4) is 0 Å². The van der Waals surface area contributed by atoms with Crippen LogP contribution in [-0.4, -0.2) is 68.5 Å². The van der Waals surface area contributed by atoms with E-state index < -0.39 is 35.8 Å². The number of aromatic nitrogens is 2. The van der Waals surface area contributed by atoms with E-state index in [4.69, 9.17) is 4.74 Å². The topological polar surface area (TPSA) is 166 Å². The van der Waals surface area contributed by atoms with Gasteiger partial charge in [-0.3, -0.25) is 24.3 Å². The highest BCUT2D eigenvalue weighted by molar-refractivity contribution is 6.00. The molecule has 3 aliphatic heterocycles. The number of amides is 4. The van der Waals surface area contributed by atoms with Gasteiger partial charge in [0.05, 0.1) is 11.3 Å². The number of hydrogen-bond acceptors (Lipinski definition) is 7. The van der Waals surface area contributed by atoms with E-state index in [-0.39, 0.29) is 29.6 Å². The summed E-state index contributed by atoms with van der Waals surface area (Å²) in [6.45, 7) is 7.79. The Hall–Kier alpha value is -4.87. The Morgan fingerprint density at radius 2 is 1.74 bits per heavy atom. The van der Waals surface area contributed by atoms with Gasteiger partial charge in [-0.2, -0.15) is 5.10 Å². The largest absolute Gasteiger partial charge is 0.507 e. The highest BCUT2D eigenvalue weighted by Crippen LogP contribution is 2.28. The molecule has 4 amide bonds. The van der Waals surface area contributed by atoms with E-state index in [1.807, 2.05) is 6.92 Å². The summed E-state index contributed by atoms with van der Waals surface area (Å²) in [6.07, 6.45) is 0.819. The van der Waals surface area contributed by atoms with Gasteiger partial charge in [-0.25, -0.2) is 0 Å². The molecule has 3 aromatic rings. The molecule has 0 radical (unpaired) electrons. The number of H-pyrrole nitrogens is 1. The molecule has 2 aromatic carbocycles. The lowest BCUT2D eigenvalue weighted by atomic mass is 10.0. The van der Waals surface area contributed by atoms with Crippen LogP contribution in [0.25, 0.3) is 0 Å². The third-order valence-electron chi connectivity index (χ3n) is 7.85. The van der Waals surface area contributed by atoms with Crippen molar-refractivity contribution in [2.75, 3.05) is 6.54 Å². The summed E-state index contributed by atoms with van der Waals surface area (Å²) in [4.78, 5) is 55.3. The summed E-state index contributed by atoms with van der Waals surface area (Å²) in [5, 5.41) is 25.8. The third kappa shape index (κ3) is 6.47. The van der Waals surface area contributed by atoms with Gasteiger partial charge in [0, 0.05) is 37.2 Å². The minimum Gasteiger partial charge on any atom is -0.507 e. The maximum atomic E-state index is 13.8. The predicted molar refractivity (Wildman–Crippen MR) is 156 cm³/mol. The zero-order valence-corrected chi connectivity index (χ0v) is 24.6. The van der Waals surface area contributed by atoms with E-state index in [9.17, 15) is 24.3 Å². The molecular weight excluding hydrogens is 552 g/mol. The van der Waals surface area contributed by atoms with E-state index in [1.165, 1.54) is 25.1 Å². The van der Waals surface area contributed by atoms with Crippen molar-refractivity contribution in [3.63, 3.8) is 0 Å². The van der Waals surface area contributed by atoms with Crippen LogP contribution in [-0.2, 0) is 33.8 Å². The molecule has 0 aliphatic carbocycles. The first-order chi connectivity index (χ1) is 20.5. The maximum Gasteiger partial charge on any atom is 0.255 e. The Morgan fingerprint density at radius 1 is 1.02 bits per heavy atom. The average Bonchev–Trinajstić information content (AvgIpc) is 3.35. The minimum atomic E-state index is -1.00. The fourth-order valence-electron chi connectivity index (χ4n) is 5.28. The molecule has 0 spiro atoms. The normalized spacial score (nSPS) is 21.2. The fraction of sp³-hybridized carbons (Fsp3) is 0.387. The number of carbonyl (C=O) groups excluding carboxylic acids is 4. The van der Waals surface area contributed by atoms with Crippen molar-refractivity contribution in [1.82, 2.24) is 31.0 Å². The van der Waals surface area contributed by atoms with Crippen LogP contribution in [0.15, 0.2) is 42.5 Å². The lowest BCUT2D eigenvalue weighted by Crippen LogP contribution is -2.57. The number of nitrogens with zero attached hydrogens (tertiary/aromatic N) is 2. The number of fused-ring (bicyclic) bond motifs is 12. The van der Waals surface area contributed by atoms with Gasteiger partial charge in [-0.1, -0.05) is 26.0 Å². The number of benzene rings is 2. The second kappa shape index (κ2) is 12.2. The van der Waals surface area contributed by atoms with Crippen molar-refractivity contribution in [2.45, 2.75) is 65.2 Å². The highest BCUT2D eigenvalue weighted by atomic mass is 16.5. The molecule has 3 aliphatic rings. The summed E-state index contributed by atoms with van der Waals surface area (Å²) in [5.74, 6) is -1.84. The van der Waals surface area contributed by atoms with E-state index in [1.54, 1.807) is 43.0 Å². The van der Waals surface area contributed by atoms with Gasteiger partial charge in [0.2, 0.25) is 17.7 Å². The summed E-state index contributed by atoms with van der Waals surface area (Å²) < 4.78 is 5.93. The number of aromatic hydroxyl groups is 1. The monoisotopic (exact) mass is 588 g/mol. The standard InChI is InChI=1S/C31H36N6O6/c1-16(2)27-30(41)32-18(4)28(39)33-25(31(42)37-12-11-24-23(15-37)17(3)35-36-24)13-19-5-7-20(8-6-19)43-21-9-10-26(38)22(14-21)29(40)34-27/h5-10,14,16,18,25,27,38H,11-13,15H2,1-4H3,(H,32,41)(H,33,39)(H,34,40)(H,35,36)/t18-,25-,27-/m0/s1. The van der Waals surface area contributed by atoms with Gasteiger partial charge in [-0.05, 0) is 55.7 Å². The van der Waals surface area contributed by atoms with Crippen molar-refractivity contribution in [3.8, 4) is 17.2 Å². The molecule has 3 atom stereocenters. The van der Waals surface area contributed by atoms with E-state index in [0.717, 1.165) is 22.5 Å². The van der Waals surface area contributed by atoms with Crippen LogP contribution < -0.4 is 20.7 Å². The van der Waals surface area contributed by atoms with Crippen molar-refractivity contribution in [2.24, 2.45) is 5.92 Å². The Labute approximate surface area is 249 Å². The highest BCUT2D eigenvalue weighted by Gasteiger charge is 2.33. The maximum absolute atomic E-state index is 13.8. The summed E-state index contributed by atoms with van der Waals surface area (Å²) in [6, 6.07) is 8.42. The van der Waals surface area contributed by atoms with Gasteiger partial charge in [0.15, 0.2) is 0 Å². The predicted octanol–water partition coefficient (Wildman–Crippen LogP) is 2.10. The summed E-state index contributed by atoms with van der Waals surface area (Å²) in [5.41, 5.74) is 3.55. The number of nitrogens with one attached hydrogen (secondary N) is 4. The summed E-state index contributed by atoms with van der Waals surface area (Å²) in [7, 11) is 0. The quantitative estimate of drug-likeness (QED) is 0.286. The van der Waals surface area contributed by atoms with Crippen molar-refractivity contribution < 1.29 is 29.0 Å². The second-order valence-corrected chi connectivity index (χ2v) is 11.4. The summed E-state index contributed by atoms with van der Waals surface area (Å²) >= 11 is 0. The number of aromatic amines is 1. The van der Waals surface area contributed by atoms with E-state index >= 15 is 0 Å². The Bertz CT molecular complexity index is 1550. The van der Waals surface area contributed by atoms with Crippen LogP contribution in [0.1, 0.15) is 53.6 Å². The molecule has 4 bridgehead atoms. The van der Waals surface area contributed by atoms with Crippen LogP contribution in [0, 0.1) is 12.8 Å². The zero-order valence-electron chi connectivity index (χ0n) is 24.6. The molecule has 226 valence electrons. The van der Waals surface area contributed by atoms with Gasteiger partial charge < -0.3 is 30.7 Å². The smallest absolute Gasteiger partial charge is 0.255 e. The molecule has 5 N–H and O–H groups in total. The zero-order chi connectivity index (χ0) is 30.8. The van der Waals surface area contributed by atoms with Crippen molar-refractivity contribution in [1.29, 1.82) is 0 Å². The molecular formula is C31H36N6O6. The van der Waals surface area contributed by atoms with Gasteiger partial charge in [0.1, 0.15) is 35.4 Å². The first kappa shape index (κ1) is 29.6. The third-order valence-corrected chi connectivity index (χ3v) is 7.85. The minimum absolute atomic E-state index is 0.0590. The van der Waals surface area contributed by atoms with Gasteiger partial charge in [-0.15, -0.1) is 0 Å². The average molecular weight is 589 g/mol. The lowest BCUT2D eigenvalue weighted by Gasteiger charge is -2.31. The molecule has 12 heteroatoms. The molecule has 4 heterocycles. The van der Waals surface area contributed by atoms with Gasteiger partial charge in [0.25, 0.3) is 5.91 Å². The number of phenols is 1. The fourth-order valence-corrected chi connectivity index (χ4v) is 5.28. The molecule has 0 saturated carbocycles. The van der Waals surface area contributed by atoms with Crippen LogP contribution in [0.5, 0.6) is 17.2 Å². The van der Waals surface area contributed by atoms with Crippen molar-refractivity contribution >= 4 is 23.6 Å². The lowest BCUT2D eigenvalue weighted by molar-refractivity contribution is -0.138. The molecule has 0 unspecified atom stereocenters. The second-order valence-electron chi connectivity index (χ2n) is 11.4. The van der Waals surface area contributed by atoms with Gasteiger partial charge >= 0.3 is 0 Å². The van der Waals surface area contributed by atoms with E-state index in [2.05, 4.69) is 26.1 Å². The Morgan fingerprint density at radius 3 is 2.47 bits per heavy atom. The van der Waals surface area contributed by atoms with Crippen LogP contribution >= 0.6 is 0 Å². The molecule has 0 fully saturated rings. The molecule has 1 aromatic heterocycles. The molecule has 43 heavy (non-hydrogen) atoms. The van der Waals surface area contributed by atoms with Crippen LogP contribution in [0.2, 0.25) is 0 Å². The van der Waals surface area contributed by atoms with Crippen molar-refractivity contribution in [3.05, 3.63) is 70.5 Å².